The van der Waals surface area contributed by atoms with Crippen LogP contribution in [-0.2, 0) is 50.1 Å². The van der Waals surface area contributed by atoms with Gasteiger partial charge >= 0.3 is 0 Å². The third-order valence-corrected chi connectivity index (χ3v) is 6.27. The maximum Gasteiger partial charge on any atom is 0.184 e. The summed E-state index contributed by atoms with van der Waals surface area (Å²) in [5, 5.41) is 10.9. The first-order valence-electron chi connectivity index (χ1n) is 11.7. The van der Waals surface area contributed by atoms with Crippen molar-refractivity contribution in [2.24, 2.45) is 0 Å². The molecular formula is C28H30O6. The van der Waals surface area contributed by atoms with Crippen LogP contribution >= 0.6 is 0 Å². The van der Waals surface area contributed by atoms with Gasteiger partial charge in [-0.05, 0) is 22.3 Å². The van der Waals surface area contributed by atoms with E-state index in [0.29, 0.717) is 26.4 Å². The molecular weight excluding hydrogens is 432 g/mol. The van der Waals surface area contributed by atoms with Crippen LogP contribution in [0.5, 0.6) is 0 Å². The first-order chi connectivity index (χ1) is 16.8. The predicted molar refractivity (Wildman–Crippen MR) is 126 cm³/mol. The Balaban J connectivity index is 1.40. The van der Waals surface area contributed by atoms with E-state index in [1.807, 2.05) is 84.9 Å². The fourth-order valence-electron chi connectivity index (χ4n) is 4.44. The Bertz CT molecular complexity index is 1030. The molecule has 6 nitrogen and oxygen atoms in total. The number of hydrogen-bond acceptors (Lipinski definition) is 6. The minimum absolute atomic E-state index is 0.274. The minimum atomic E-state index is -1.16. The van der Waals surface area contributed by atoms with Crippen molar-refractivity contribution in [1.82, 2.24) is 0 Å². The molecule has 0 radical (unpaired) electrons. The lowest BCUT2D eigenvalue weighted by Gasteiger charge is -2.44. The summed E-state index contributed by atoms with van der Waals surface area (Å²) < 4.78 is 31.0. The SMILES string of the molecule is OC1OC2COCc3ccccc3CO[C@@H](C1OCc1ccccc1)[C@H]2OCc1ccccc1. The van der Waals surface area contributed by atoms with Crippen LogP contribution in [0.2, 0.25) is 0 Å². The van der Waals surface area contributed by atoms with Crippen LogP contribution in [0.4, 0.5) is 0 Å². The van der Waals surface area contributed by atoms with Crippen molar-refractivity contribution in [3.05, 3.63) is 107 Å². The van der Waals surface area contributed by atoms with Crippen molar-refractivity contribution in [1.29, 1.82) is 0 Å². The second-order valence-corrected chi connectivity index (χ2v) is 8.65. The van der Waals surface area contributed by atoms with Crippen LogP contribution in [0.3, 0.4) is 0 Å². The number of ether oxygens (including phenoxy) is 5. The van der Waals surface area contributed by atoms with Gasteiger partial charge in [-0.2, -0.15) is 0 Å². The van der Waals surface area contributed by atoms with E-state index < -0.39 is 30.7 Å². The van der Waals surface area contributed by atoms with Gasteiger partial charge in [0.05, 0.1) is 33.0 Å². The van der Waals surface area contributed by atoms with E-state index in [2.05, 4.69) is 0 Å². The maximum atomic E-state index is 10.9. The molecule has 0 amide bonds. The highest BCUT2D eigenvalue weighted by Crippen LogP contribution is 2.31. The molecule has 1 fully saturated rings. The Morgan fingerprint density at radius 3 is 1.91 bits per heavy atom. The van der Waals surface area contributed by atoms with E-state index in [9.17, 15) is 5.11 Å². The summed E-state index contributed by atoms with van der Waals surface area (Å²) in [5.41, 5.74) is 4.18. The zero-order chi connectivity index (χ0) is 23.2. The number of aliphatic hydroxyl groups is 1. The third kappa shape index (κ3) is 5.55. The molecule has 0 spiro atoms. The summed E-state index contributed by atoms with van der Waals surface area (Å²) in [7, 11) is 0. The summed E-state index contributed by atoms with van der Waals surface area (Å²) in [4.78, 5) is 0. The Morgan fingerprint density at radius 2 is 1.26 bits per heavy atom. The second kappa shape index (κ2) is 11.2. The Hall–Kier alpha value is -2.58. The predicted octanol–water partition coefficient (Wildman–Crippen LogP) is 3.99. The Labute approximate surface area is 200 Å². The second-order valence-electron chi connectivity index (χ2n) is 8.65. The molecule has 178 valence electrons. The topological polar surface area (TPSA) is 66.4 Å². The van der Waals surface area contributed by atoms with Gasteiger partial charge in [-0.25, -0.2) is 0 Å². The quantitative estimate of drug-likeness (QED) is 0.598. The molecule has 34 heavy (non-hydrogen) atoms. The molecule has 5 atom stereocenters. The molecule has 3 unspecified atom stereocenters. The van der Waals surface area contributed by atoms with Crippen molar-refractivity contribution in [3.8, 4) is 0 Å². The molecule has 2 bridgehead atoms. The normalized spacial score (nSPS) is 27.0. The maximum absolute atomic E-state index is 10.9. The standard InChI is InChI=1S/C28H30O6/c29-28-27(32-16-21-11-5-2-6-12-21)26-25(31-15-20-9-3-1-4-10-20)24(34-28)19-30-17-22-13-7-8-14-23(22)18-33-26/h1-14,24-29H,15-19H2/t24?,25-,26+,27?,28?/m0/s1. The Morgan fingerprint density at radius 1 is 0.706 bits per heavy atom. The molecule has 0 aromatic heterocycles. The molecule has 3 aromatic rings. The number of benzene rings is 3. The van der Waals surface area contributed by atoms with Crippen molar-refractivity contribution in [2.75, 3.05) is 6.61 Å². The highest BCUT2D eigenvalue weighted by Gasteiger charge is 2.48. The van der Waals surface area contributed by atoms with Gasteiger partial charge < -0.3 is 28.8 Å². The van der Waals surface area contributed by atoms with Crippen LogP contribution in [0.15, 0.2) is 84.9 Å². The van der Waals surface area contributed by atoms with Gasteiger partial charge in [0.25, 0.3) is 0 Å². The molecule has 0 aliphatic carbocycles. The van der Waals surface area contributed by atoms with E-state index in [1.165, 1.54) is 0 Å². The molecule has 1 N–H and O–H groups in total. The molecule has 3 aromatic carbocycles. The highest BCUT2D eigenvalue weighted by molar-refractivity contribution is 5.26. The first kappa shape index (κ1) is 23.2. The van der Waals surface area contributed by atoms with Crippen LogP contribution < -0.4 is 0 Å². The van der Waals surface area contributed by atoms with E-state index in [1.54, 1.807) is 0 Å². The van der Waals surface area contributed by atoms with E-state index in [4.69, 9.17) is 23.7 Å². The van der Waals surface area contributed by atoms with Gasteiger partial charge in [0.15, 0.2) is 6.29 Å². The number of rotatable bonds is 6. The minimum Gasteiger partial charge on any atom is -0.374 e. The van der Waals surface area contributed by atoms with Crippen molar-refractivity contribution >= 4 is 0 Å². The van der Waals surface area contributed by atoms with Crippen LogP contribution in [0.25, 0.3) is 0 Å². The van der Waals surface area contributed by atoms with Gasteiger partial charge in [0.2, 0.25) is 0 Å². The molecule has 2 aliphatic heterocycles. The highest BCUT2D eigenvalue weighted by atomic mass is 16.7. The number of aliphatic hydroxyl groups excluding tert-OH is 1. The zero-order valence-corrected chi connectivity index (χ0v) is 19.0. The van der Waals surface area contributed by atoms with Gasteiger partial charge in [0, 0.05) is 0 Å². The molecule has 5 rings (SSSR count). The van der Waals surface area contributed by atoms with Crippen LogP contribution in [-0.4, -0.2) is 42.4 Å². The molecule has 2 heterocycles. The molecule has 6 heteroatoms. The fourth-order valence-corrected chi connectivity index (χ4v) is 4.44. The number of hydrogen-bond donors (Lipinski definition) is 1. The zero-order valence-electron chi connectivity index (χ0n) is 19.0. The summed E-state index contributed by atoms with van der Waals surface area (Å²) >= 11 is 0. The monoisotopic (exact) mass is 462 g/mol. The molecule has 2 aliphatic rings. The van der Waals surface area contributed by atoms with Crippen molar-refractivity contribution in [3.63, 3.8) is 0 Å². The number of fused-ring (bicyclic) bond motifs is 3. The van der Waals surface area contributed by atoms with Crippen LogP contribution in [0, 0.1) is 0 Å². The van der Waals surface area contributed by atoms with E-state index >= 15 is 0 Å². The van der Waals surface area contributed by atoms with Gasteiger partial charge in [-0.15, -0.1) is 0 Å². The third-order valence-electron chi connectivity index (χ3n) is 6.27. The summed E-state index contributed by atoms with van der Waals surface area (Å²) in [6.07, 6.45) is -3.39. The smallest absolute Gasteiger partial charge is 0.184 e. The van der Waals surface area contributed by atoms with Crippen molar-refractivity contribution < 1.29 is 28.8 Å². The average molecular weight is 463 g/mol. The molecule has 1 saturated heterocycles. The first-order valence-corrected chi connectivity index (χ1v) is 11.7. The Kier molecular flexibility index (Phi) is 7.65. The fraction of sp³-hybridized carbons (Fsp3) is 0.357. The summed E-state index contributed by atoms with van der Waals surface area (Å²) in [6.45, 7) is 1.80. The van der Waals surface area contributed by atoms with Gasteiger partial charge in [-0.3, -0.25) is 0 Å². The largest absolute Gasteiger partial charge is 0.374 e. The van der Waals surface area contributed by atoms with Gasteiger partial charge in [0.1, 0.15) is 24.4 Å². The van der Waals surface area contributed by atoms with Gasteiger partial charge in [-0.1, -0.05) is 84.9 Å². The lowest BCUT2D eigenvalue weighted by atomic mass is 9.97. The average Bonchev–Trinajstić information content (AvgIpc) is 2.88. The summed E-state index contributed by atoms with van der Waals surface area (Å²) in [6, 6.07) is 27.9. The molecule has 0 saturated carbocycles. The van der Waals surface area contributed by atoms with E-state index in [0.717, 1.165) is 22.3 Å². The lowest BCUT2D eigenvalue weighted by Crippen LogP contribution is -2.61. The van der Waals surface area contributed by atoms with Crippen molar-refractivity contribution in [2.45, 2.75) is 57.1 Å². The van der Waals surface area contributed by atoms with Crippen LogP contribution in [0.1, 0.15) is 22.3 Å². The lowest BCUT2D eigenvalue weighted by molar-refractivity contribution is -0.318. The van der Waals surface area contributed by atoms with E-state index in [-0.39, 0.29) is 6.61 Å². The summed E-state index contributed by atoms with van der Waals surface area (Å²) in [5.74, 6) is 0.